The third-order valence-corrected chi connectivity index (χ3v) is 1.44. The summed E-state index contributed by atoms with van der Waals surface area (Å²) < 4.78 is 3.85. The molecule has 14 heavy (non-hydrogen) atoms. The van der Waals surface area contributed by atoms with Gasteiger partial charge in [-0.15, -0.1) is 12.3 Å². The molecule has 0 fully saturated rings. The van der Waals surface area contributed by atoms with Gasteiger partial charge in [-0.3, -0.25) is 0 Å². The van der Waals surface area contributed by atoms with Gasteiger partial charge in [-0.25, -0.2) is 0 Å². The maximum atomic E-state index is 9.27. The molecule has 0 N–H and O–H groups in total. The van der Waals surface area contributed by atoms with E-state index in [0.717, 1.165) is 6.42 Å². The van der Waals surface area contributed by atoms with Gasteiger partial charge < -0.3 is 14.6 Å². The first-order chi connectivity index (χ1) is 6.68. The average Bonchev–Trinajstić information content (AvgIpc) is 2.13. The van der Waals surface area contributed by atoms with E-state index in [2.05, 4.69) is 17.6 Å². The zero-order valence-corrected chi connectivity index (χ0v) is 9.04. The van der Waals surface area contributed by atoms with Gasteiger partial charge in [-0.1, -0.05) is 26.2 Å². The lowest BCUT2D eigenvalue weighted by atomic mass is 10.2. The van der Waals surface area contributed by atoms with Gasteiger partial charge in [0, 0.05) is 13.0 Å². The topological polar surface area (TPSA) is 49.4 Å². The smallest absolute Gasteiger partial charge is 0.251 e. The number of rotatable bonds is 5. The van der Waals surface area contributed by atoms with E-state index in [-0.39, 0.29) is 6.61 Å². The van der Waals surface area contributed by atoms with Crippen molar-refractivity contribution in [2.45, 2.75) is 46.0 Å². The molecule has 3 nitrogen and oxygen atoms in total. The van der Waals surface area contributed by atoms with Crippen LogP contribution in [-0.4, -0.2) is 12.8 Å². The molecular weight excluding hydrogens is 180 g/mol. The fraction of sp³-hybridized carbons (Fsp3) is 0.727. The van der Waals surface area contributed by atoms with Crippen LogP contribution in [0.1, 0.15) is 46.0 Å². The van der Waals surface area contributed by atoms with Gasteiger partial charge in [0.1, 0.15) is 0 Å². The fourth-order valence-electron chi connectivity index (χ4n) is 0.772. The highest BCUT2D eigenvalue weighted by molar-refractivity contribution is 5.53. The van der Waals surface area contributed by atoms with Gasteiger partial charge in [-0.2, -0.15) is 0 Å². The van der Waals surface area contributed by atoms with Crippen molar-refractivity contribution < 1.29 is 14.6 Å². The Hall–Kier alpha value is -1.17. The Balaban J connectivity index is 0. The standard InChI is InChI=1S/C8H14.C3H6O3/c1-3-5-7-8-6-4-2;1-2-6-3(4)5/h1H,4-8H2,2H3;2H2,1H3,(H,4,5)/p-1. The molecule has 0 aliphatic rings. The highest BCUT2D eigenvalue weighted by atomic mass is 16.7. The summed E-state index contributed by atoms with van der Waals surface area (Å²) in [6.45, 7) is 3.95. The van der Waals surface area contributed by atoms with Gasteiger partial charge in [0.05, 0.1) is 0 Å². The third kappa shape index (κ3) is 22.4. The number of ether oxygens (including phenoxy) is 1. The molecular formula is C11H19O3-. The van der Waals surface area contributed by atoms with Crippen LogP contribution >= 0.6 is 0 Å². The van der Waals surface area contributed by atoms with Crippen LogP contribution in [0.5, 0.6) is 0 Å². The minimum Gasteiger partial charge on any atom is -0.550 e. The van der Waals surface area contributed by atoms with Crippen molar-refractivity contribution in [3.63, 3.8) is 0 Å². The van der Waals surface area contributed by atoms with Crippen LogP contribution in [0.2, 0.25) is 0 Å². The van der Waals surface area contributed by atoms with Gasteiger partial charge >= 0.3 is 0 Å². The lowest BCUT2D eigenvalue weighted by molar-refractivity contribution is -0.282. The molecule has 0 aliphatic carbocycles. The summed E-state index contributed by atoms with van der Waals surface area (Å²) >= 11 is 0. The van der Waals surface area contributed by atoms with Crippen LogP contribution in [0.3, 0.4) is 0 Å². The summed E-state index contributed by atoms with van der Waals surface area (Å²) in [6.07, 6.45) is 9.71. The Kier molecular flexibility index (Phi) is 15.7. The molecule has 0 radical (unpaired) electrons. The second-order valence-electron chi connectivity index (χ2n) is 2.70. The van der Waals surface area contributed by atoms with E-state index in [1.165, 1.54) is 25.7 Å². The second-order valence-corrected chi connectivity index (χ2v) is 2.70. The second kappa shape index (κ2) is 14.4. The number of carbonyl (C=O) groups is 1. The van der Waals surface area contributed by atoms with Crippen molar-refractivity contribution in [3.05, 3.63) is 0 Å². The summed E-state index contributed by atoms with van der Waals surface area (Å²) in [6, 6.07) is 0. The van der Waals surface area contributed by atoms with Crippen LogP contribution in [-0.2, 0) is 4.74 Å². The van der Waals surface area contributed by atoms with Crippen LogP contribution in [0.4, 0.5) is 4.79 Å². The van der Waals surface area contributed by atoms with Crippen LogP contribution in [0, 0.1) is 12.3 Å². The molecule has 0 unspecified atom stereocenters. The molecule has 0 amide bonds. The largest absolute Gasteiger partial charge is 0.550 e. The maximum absolute atomic E-state index is 9.27. The summed E-state index contributed by atoms with van der Waals surface area (Å²) in [4.78, 5) is 9.27. The van der Waals surface area contributed by atoms with Crippen molar-refractivity contribution in [3.8, 4) is 12.3 Å². The van der Waals surface area contributed by atoms with E-state index < -0.39 is 6.16 Å². The molecule has 0 saturated carbocycles. The Morgan fingerprint density at radius 1 is 1.36 bits per heavy atom. The lowest BCUT2D eigenvalue weighted by Crippen LogP contribution is -2.23. The van der Waals surface area contributed by atoms with Gasteiger partial charge in [0.15, 0.2) is 0 Å². The number of terminal acetylenes is 1. The molecule has 0 rings (SSSR count). The van der Waals surface area contributed by atoms with Gasteiger partial charge in [-0.05, 0) is 13.3 Å². The predicted molar refractivity (Wildman–Crippen MR) is 54.6 cm³/mol. The Labute approximate surface area is 86.5 Å². The Morgan fingerprint density at radius 3 is 2.29 bits per heavy atom. The SMILES string of the molecule is C#CCCCCCC.CCOC(=O)[O-]. The first-order valence-electron chi connectivity index (χ1n) is 4.96. The third-order valence-electron chi connectivity index (χ3n) is 1.44. The molecule has 0 atom stereocenters. The molecule has 3 heteroatoms. The van der Waals surface area contributed by atoms with E-state index >= 15 is 0 Å². The molecule has 0 aliphatic heterocycles. The molecule has 0 aromatic heterocycles. The van der Waals surface area contributed by atoms with E-state index in [0.29, 0.717) is 0 Å². The zero-order valence-electron chi connectivity index (χ0n) is 9.04. The Morgan fingerprint density at radius 2 is 2.00 bits per heavy atom. The highest BCUT2D eigenvalue weighted by Gasteiger charge is 1.81. The maximum Gasteiger partial charge on any atom is 0.251 e. The summed E-state index contributed by atoms with van der Waals surface area (Å²) in [5, 5.41) is 9.27. The van der Waals surface area contributed by atoms with Crippen LogP contribution in [0.15, 0.2) is 0 Å². The zero-order chi connectivity index (χ0) is 11.2. The lowest BCUT2D eigenvalue weighted by Gasteiger charge is -1.99. The number of unbranched alkanes of at least 4 members (excludes halogenated alkanes) is 4. The van der Waals surface area contributed by atoms with Crippen molar-refractivity contribution in [1.82, 2.24) is 0 Å². The van der Waals surface area contributed by atoms with E-state index in [1.54, 1.807) is 6.92 Å². The van der Waals surface area contributed by atoms with E-state index in [9.17, 15) is 9.90 Å². The molecule has 0 heterocycles. The molecule has 0 aromatic carbocycles. The molecule has 0 aromatic rings. The van der Waals surface area contributed by atoms with Crippen molar-refractivity contribution in [2.75, 3.05) is 6.61 Å². The number of carbonyl (C=O) groups excluding carboxylic acids is 1. The van der Waals surface area contributed by atoms with Crippen LogP contribution < -0.4 is 5.11 Å². The monoisotopic (exact) mass is 199 g/mol. The summed E-state index contributed by atoms with van der Waals surface area (Å²) in [7, 11) is 0. The summed E-state index contributed by atoms with van der Waals surface area (Å²) in [5.74, 6) is 2.63. The van der Waals surface area contributed by atoms with Crippen molar-refractivity contribution in [1.29, 1.82) is 0 Å². The number of hydrogen-bond donors (Lipinski definition) is 0. The fourth-order valence-corrected chi connectivity index (χ4v) is 0.772. The molecule has 82 valence electrons. The van der Waals surface area contributed by atoms with Crippen molar-refractivity contribution in [2.24, 2.45) is 0 Å². The van der Waals surface area contributed by atoms with E-state index in [4.69, 9.17) is 6.42 Å². The minimum absolute atomic E-state index is 0.169. The predicted octanol–water partition coefficient (Wildman–Crippen LogP) is 1.96. The number of hydrogen-bond acceptors (Lipinski definition) is 3. The van der Waals surface area contributed by atoms with Crippen LogP contribution in [0.25, 0.3) is 0 Å². The molecule has 0 bridgehead atoms. The quantitative estimate of drug-likeness (QED) is 0.386. The minimum atomic E-state index is -1.46. The number of carboxylic acid groups (broad SMARTS) is 1. The average molecular weight is 199 g/mol. The summed E-state index contributed by atoms with van der Waals surface area (Å²) in [5.41, 5.74) is 0. The normalized spacial score (nSPS) is 8.07. The van der Waals surface area contributed by atoms with Gasteiger partial charge in [0.2, 0.25) is 0 Å². The van der Waals surface area contributed by atoms with E-state index in [1.807, 2.05) is 0 Å². The molecule has 0 saturated heterocycles. The van der Waals surface area contributed by atoms with Gasteiger partial charge in [0.25, 0.3) is 6.16 Å². The van der Waals surface area contributed by atoms with Crippen molar-refractivity contribution >= 4 is 6.16 Å². The Bertz CT molecular complexity index is 158. The first-order valence-corrected chi connectivity index (χ1v) is 4.96. The highest BCUT2D eigenvalue weighted by Crippen LogP contribution is 2.00. The molecule has 0 spiro atoms. The first kappa shape index (κ1) is 15.3.